The zero-order valence-corrected chi connectivity index (χ0v) is 11.1. The highest BCUT2D eigenvalue weighted by atomic mass is 16.1. The van der Waals surface area contributed by atoms with Gasteiger partial charge in [0.1, 0.15) is 12.6 Å². The summed E-state index contributed by atoms with van der Waals surface area (Å²) in [5.41, 5.74) is 0.0399. The van der Waals surface area contributed by atoms with Gasteiger partial charge in [0.2, 0.25) is 0 Å². The predicted molar refractivity (Wildman–Crippen MR) is 69.9 cm³/mol. The van der Waals surface area contributed by atoms with Gasteiger partial charge in [-0.1, -0.05) is 45.4 Å². The molecule has 2 nitrogen and oxygen atoms in total. The highest BCUT2D eigenvalue weighted by Crippen LogP contribution is 2.33. The van der Waals surface area contributed by atoms with E-state index in [1.54, 1.807) is 0 Å². The number of hydrogen-bond acceptors (Lipinski definition) is 2. The summed E-state index contributed by atoms with van der Waals surface area (Å²) in [5, 5.41) is 0. The number of carbonyl (C=O) groups excluding carboxylic acids is 2. The number of aldehydes is 2. The number of hydrogen-bond donors (Lipinski definition) is 0. The first-order chi connectivity index (χ1) is 8.20. The average molecular weight is 238 g/mol. The van der Waals surface area contributed by atoms with Crippen LogP contribution < -0.4 is 0 Å². The second kappa shape index (κ2) is 7.62. The van der Waals surface area contributed by atoms with Crippen molar-refractivity contribution in [2.45, 2.75) is 71.1 Å². The van der Waals surface area contributed by atoms with Crippen LogP contribution in [0.25, 0.3) is 0 Å². The molecule has 0 aromatic carbocycles. The van der Waals surface area contributed by atoms with Crippen molar-refractivity contribution in [3.63, 3.8) is 0 Å². The molecule has 0 bridgehead atoms. The van der Waals surface area contributed by atoms with Crippen molar-refractivity contribution in [3.8, 4) is 0 Å². The SMILES string of the molecule is CC1(C=O)CCCCC1.O=CC1CCCCC1. The van der Waals surface area contributed by atoms with Crippen molar-refractivity contribution < 1.29 is 9.59 Å². The minimum atomic E-state index is 0.0399. The molecule has 0 unspecified atom stereocenters. The summed E-state index contributed by atoms with van der Waals surface area (Å²) in [6.45, 7) is 2.07. The van der Waals surface area contributed by atoms with Crippen LogP contribution in [0, 0.1) is 11.3 Å². The molecule has 2 heteroatoms. The molecular weight excluding hydrogens is 212 g/mol. The third kappa shape index (κ3) is 5.47. The van der Waals surface area contributed by atoms with Crippen LogP contribution >= 0.6 is 0 Å². The molecule has 0 spiro atoms. The summed E-state index contributed by atoms with van der Waals surface area (Å²) in [6, 6.07) is 0. The van der Waals surface area contributed by atoms with E-state index < -0.39 is 0 Å². The van der Waals surface area contributed by atoms with E-state index in [4.69, 9.17) is 0 Å². The van der Waals surface area contributed by atoms with E-state index >= 15 is 0 Å². The van der Waals surface area contributed by atoms with Crippen molar-refractivity contribution in [3.05, 3.63) is 0 Å². The largest absolute Gasteiger partial charge is 0.303 e. The van der Waals surface area contributed by atoms with Crippen LogP contribution in [0.15, 0.2) is 0 Å². The summed E-state index contributed by atoms with van der Waals surface area (Å²) in [6.07, 6.45) is 14.4. The second-order valence-electron chi connectivity index (χ2n) is 5.87. The van der Waals surface area contributed by atoms with Gasteiger partial charge in [0.25, 0.3) is 0 Å². The Morgan fingerprint density at radius 2 is 1.41 bits per heavy atom. The molecule has 0 aromatic rings. The fourth-order valence-corrected chi connectivity index (χ4v) is 2.75. The maximum Gasteiger partial charge on any atom is 0.125 e. The highest BCUT2D eigenvalue weighted by molar-refractivity contribution is 5.58. The van der Waals surface area contributed by atoms with Gasteiger partial charge in [0.15, 0.2) is 0 Å². The minimum absolute atomic E-state index is 0.0399. The van der Waals surface area contributed by atoms with E-state index in [-0.39, 0.29) is 5.41 Å². The Labute approximate surface area is 105 Å². The van der Waals surface area contributed by atoms with Gasteiger partial charge < -0.3 is 9.59 Å². The van der Waals surface area contributed by atoms with E-state index in [9.17, 15) is 9.59 Å². The van der Waals surface area contributed by atoms with E-state index in [1.165, 1.54) is 38.5 Å². The zero-order chi connectivity index (χ0) is 12.6. The van der Waals surface area contributed by atoms with Crippen LogP contribution in [-0.2, 0) is 9.59 Å². The summed E-state index contributed by atoms with van der Waals surface area (Å²) >= 11 is 0. The Balaban J connectivity index is 0.000000171. The zero-order valence-electron chi connectivity index (χ0n) is 11.1. The molecule has 0 aromatic heterocycles. The maximum atomic E-state index is 10.5. The summed E-state index contributed by atoms with van der Waals surface area (Å²) in [4.78, 5) is 20.6. The number of rotatable bonds is 2. The van der Waals surface area contributed by atoms with Crippen LogP contribution in [-0.4, -0.2) is 12.6 Å². The molecule has 2 saturated carbocycles. The van der Waals surface area contributed by atoms with Crippen molar-refractivity contribution in [1.29, 1.82) is 0 Å². The van der Waals surface area contributed by atoms with Crippen LogP contribution in [0.2, 0.25) is 0 Å². The van der Waals surface area contributed by atoms with E-state index in [0.717, 1.165) is 38.3 Å². The van der Waals surface area contributed by atoms with Gasteiger partial charge in [-0.25, -0.2) is 0 Å². The van der Waals surface area contributed by atoms with Crippen molar-refractivity contribution in [2.24, 2.45) is 11.3 Å². The van der Waals surface area contributed by atoms with Crippen LogP contribution in [0.5, 0.6) is 0 Å². The second-order valence-corrected chi connectivity index (χ2v) is 5.87. The lowest BCUT2D eigenvalue weighted by molar-refractivity contribution is -0.116. The van der Waals surface area contributed by atoms with Gasteiger partial charge >= 0.3 is 0 Å². The standard InChI is InChI=1S/C8H14O.C7H12O/c1-8(7-9)5-3-2-4-6-8;8-6-7-4-2-1-3-5-7/h7H,2-6H2,1H3;6-7H,1-5H2. The van der Waals surface area contributed by atoms with Gasteiger partial charge in [-0.3, -0.25) is 0 Å². The lowest BCUT2D eigenvalue weighted by Crippen LogP contribution is -2.21. The monoisotopic (exact) mass is 238 g/mol. The van der Waals surface area contributed by atoms with Crippen LogP contribution in [0.1, 0.15) is 71.1 Å². The molecule has 2 rings (SSSR count). The van der Waals surface area contributed by atoms with Gasteiger partial charge in [-0.15, -0.1) is 0 Å². The Bertz CT molecular complexity index is 223. The molecule has 0 radical (unpaired) electrons. The molecule has 17 heavy (non-hydrogen) atoms. The Hall–Kier alpha value is -0.660. The first kappa shape index (κ1) is 14.4. The minimum Gasteiger partial charge on any atom is -0.303 e. The lowest BCUT2D eigenvalue weighted by atomic mass is 9.77. The smallest absolute Gasteiger partial charge is 0.125 e. The molecule has 2 aliphatic carbocycles. The molecule has 0 heterocycles. The first-order valence-corrected chi connectivity index (χ1v) is 7.12. The van der Waals surface area contributed by atoms with E-state index in [2.05, 4.69) is 6.92 Å². The van der Waals surface area contributed by atoms with Crippen molar-refractivity contribution in [2.75, 3.05) is 0 Å². The Morgan fingerprint density at radius 3 is 1.76 bits per heavy atom. The normalized spacial score (nSPS) is 24.3. The third-order valence-corrected chi connectivity index (χ3v) is 4.12. The average Bonchev–Trinajstić information content (AvgIpc) is 2.41. The molecule has 2 fully saturated rings. The topological polar surface area (TPSA) is 34.1 Å². The molecule has 0 saturated heterocycles. The van der Waals surface area contributed by atoms with Gasteiger partial charge in [-0.2, -0.15) is 0 Å². The van der Waals surface area contributed by atoms with E-state index in [0.29, 0.717) is 5.92 Å². The fourth-order valence-electron chi connectivity index (χ4n) is 2.75. The van der Waals surface area contributed by atoms with Gasteiger partial charge in [0.05, 0.1) is 0 Å². The molecule has 98 valence electrons. The number of carbonyl (C=O) groups is 2. The van der Waals surface area contributed by atoms with E-state index in [1.807, 2.05) is 0 Å². The fraction of sp³-hybridized carbons (Fsp3) is 0.867. The Kier molecular flexibility index (Phi) is 6.46. The third-order valence-electron chi connectivity index (χ3n) is 4.12. The van der Waals surface area contributed by atoms with Crippen LogP contribution in [0.4, 0.5) is 0 Å². The summed E-state index contributed by atoms with van der Waals surface area (Å²) in [5.74, 6) is 0.406. The van der Waals surface area contributed by atoms with Gasteiger partial charge in [0, 0.05) is 11.3 Å². The molecular formula is C15H26O2. The quantitative estimate of drug-likeness (QED) is 0.683. The Morgan fingerprint density at radius 1 is 0.882 bits per heavy atom. The molecule has 0 N–H and O–H groups in total. The van der Waals surface area contributed by atoms with Crippen molar-refractivity contribution >= 4 is 12.6 Å². The highest BCUT2D eigenvalue weighted by Gasteiger charge is 2.25. The maximum absolute atomic E-state index is 10.5. The molecule has 2 aliphatic rings. The van der Waals surface area contributed by atoms with Crippen molar-refractivity contribution in [1.82, 2.24) is 0 Å². The molecule has 0 amide bonds. The summed E-state index contributed by atoms with van der Waals surface area (Å²) < 4.78 is 0. The van der Waals surface area contributed by atoms with Gasteiger partial charge in [-0.05, 0) is 25.7 Å². The summed E-state index contributed by atoms with van der Waals surface area (Å²) in [7, 11) is 0. The predicted octanol–water partition coefficient (Wildman–Crippen LogP) is 3.92. The molecule has 0 atom stereocenters. The first-order valence-electron chi connectivity index (χ1n) is 7.12. The lowest BCUT2D eigenvalue weighted by Gasteiger charge is -2.26. The molecule has 0 aliphatic heterocycles. The van der Waals surface area contributed by atoms with Crippen LogP contribution in [0.3, 0.4) is 0 Å².